The number of halogens is 3. The molecule has 0 radical (unpaired) electrons. The van der Waals surface area contributed by atoms with Crippen molar-refractivity contribution < 1.29 is 18.0 Å². The quantitative estimate of drug-likeness (QED) is 0.237. The second kappa shape index (κ2) is 14.4. The Morgan fingerprint density at radius 3 is 2.15 bits per heavy atom. The summed E-state index contributed by atoms with van der Waals surface area (Å²) in [6, 6.07) is 15.3. The lowest BCUT2D eigenvalue weighted by atomic mass is 10.1. The molecule has 0 aliphatic carbocycles. The van der Waals surface area contributed by atoms with Crippen molar-refractivity contribution >= 4 is 62.3 Å². The van der Waals surface area contributed by atoms with Crippen molar-refractivity contribution in [3.05, 3.63) is 92.4 Å². The van der Waals surface area contributed by atoms with Gasteiger partial charge in [-0.15, -0.1) is 0 Å². The summed E-state index contributed by atoms with van der Waals surface area (Å²) < 4.78 is 29.1. The Kier molecular flexibility index (Phi) is 11.5. The average Bonchev–Trinajstić information content (AvgIpc) is 2.93. The molecule has 3 rings (SSSR count). The van der Waals surface area contributed by atoms with E-state index in [1.54, 1.807) is 56.3 Å². The minimum atomic E-state index is -4.22. The first-order chi connectivity index (χ1) is 19.4. The molecule has 3 aromatic carbocycles. The van der Waals surface area contributed by atoms with Crippen molar-refractivity contribution in [2.75, 3.05) is 17.4 Å². The maximum atomic E-state index is 14.2. The first-order valence-electron chi connectivity index (χ1n) is 13.3. The predicted molar refractivity (Wildman–Crippen MR) is 166 cm³/mol. The molecule has 7 nitrogen and oxygen atoms in total. The number of carbonyl (C=O) groups is 2. The first-order valence-corrected chi connectivity index (χ1v) is 15.8. The minimum absolute atomic E-state index is 0.0173. The Bertz CT molecular complexity index is 1480. The van der Waals surface area contributed by atoms with Gasteiger partial charge in [0.1, 0.15) is 12.6 Å². The number of hydrogen-bond donors (Lipinski definition) is 1. The number of carbonyl (C=O) groups excluding carboxylic acids is 2. The highest BCUT2D eigenvalue weighted by atomic mass is 35.5. The minimum Gasteiger partial charge on any atom is -0.354 e. The fourth-order valence-electron chi connectivity index (χ4n) is 4.34. The maximum absolute atomic E-state index is 14.2. The zero-order valence-corrected chi connectivity index (χ0v) is 26.5. The molecule has 220 valence electrons. The van der Waals surface area contributed by atoms with Crippen LogP contribution in [0.15, 0.2) is 65.6 Å². The highest BCUT2D eigenvalue weighted by molar-refractivity contribution is 7.92. The molecule has 0 unspecified atom stereocenters. The normalized spacial score (nSPS) is 12.1. The molecule has 0 fully saturated rings. The molecular formula is C30H34Cl3N3O4S. The van der Waals surface area contributed by atoms with Crippen LogP contribution in [-0.4, -0.2) is 44.3 Å². The molecule has 0 aliphatic rings. The molecule has 1 N–H and O–H groups in total. The van der Waals surface area contributed by atoms with Gasteiger partial charge in [-0.05, 0) is 68.7 Å². The highest BCUT2D eigenvalue weighted by Crippen LogP contribution is 2.31. The number of sulfonamides is 1. The van der Waals surface area contributed by atoms with Gasteiger partial charge in [-0.2, -0.15) is 0 Å². The molecular weight excluding hydrogens is 605 g/mol. The molecule has 11 heteroatoms. The Morgan fingerprint density at radius 2 is 1.56 bits per heavy atom. The zero-order valence-electron chi connectivity index (χ0n) is 23.5. The van der Waals surface area contributed by atoms with Gasteiger partial charge < -0.3 is 10.2 Å². The summed E-state index contributed by atoms with van der Waals surface area (Å²) >= 11 is 19.2. The lowest BCUT2D eigenvalue weighted by Gasteiger charge is -2.34. The molecule has 1 atom stereocenters. The molecule has 0 saturated heterocycles. The lowest BCUT2D eigenvalue weighted by Crippen LogP contribution is -2.52. The van der Waals surface area contributed by atoms with Crippen LogP contribution < -0.4 is 9.62 Å². The lowest BCUT2D eigenvalue weighted by molar-refractivity contribution is -0.140. The SMILES string of the molecule is CCCNC(=O)[C@H](CC)N(Cc1c(Cl)cccc1Cl)C(=O)CN(c1cc(Cl)ccc1C)S(=O)(=O)c1ccc(C)cc1. The van der Waals surface area contributed by atoms with E-state index in [9.17, 15) is 18.0 Å². The molecule has 2 amide bonds. The molecule has 0 heterocycles. The van der Waals surface area contributed by atoms with E-state index in [4.69, 9.17) is 34.8 Å². The Hall–Kier alpha value is -2.78. The second-order valence-corrected chi connectivity index (χ2v) is 12.8. The first kappa shape index (κ1) is 32.7. The van der Waals surface area contributed by atoms with Gasteiger partial charge in [0.15, 0.2) is 0 Å². The van der Waals surface area contributed by atoms with Crippen molar-refractivity contribution in [3.63, 3.8) is 0 Å². The summed E-state index contributed by atoms with van der Waals surface area (Å²) in [4.78, 5) is 28.8. The van der Waals surface area contributed by atoms with Crippen LogP contribution in [0.4, 0.5) is 5.69 Å². The van der Waals surface area contributed by atoms with Crippen LogP contribution in [-0.2, 0) is 26.2 Å². The third-order valence-corrected chi connectivity index (χ3v) is 9.37. The van der Waals surface area contributed by atoms with Crippen LogP contribution >= 0.6 is 34.8 Å². The number of amides is 2. The highest BCUT2D eigenvalue weighted by Gasteiger charge is 2.34. The molecule has 0 bridgehead atoms. The summed E-state index contributed by atoms with van der Waals surface area (Å²) in [6.07, 6.45) is 0.993. The van der Waals surface area contributed by atoms with Gasteiger partial charge in [-0.3, -0.25) is 13.9 Å². The zero-order chi connectivity index (χ0) is 30.3. The Labute approximate surface area is 257 Å². The van der Waals surface area contributed by atoms with Crippen LogP contribution in [0.3, 0.4) is 0 Å². The van der Waals surface area contributed by atoms with Gasteiger partial charge in [0, 0.05) is 33.7 Å². The summed E-state index contributed by atoms with van der Waals surface area (Å²) in [7, 11) is -4.22. The largest absolute Gasteiger partial charge is 0.354 e. The van der Waals surface area contributed by atoms with Crippen molar-refractivity contribution in [1.29, 1.82) is 0 Å². The number of nitrogens with zero attached hydrogens (tertiary/aromatic N) is 2. The van der Waals surface area contributed by atoms with E-state index in [1.165, 1.54) is 23.1 Å². The van der Waals surface area contributed by atoms with Crippen LogP contribution in [0.5, 0.6) is 0 Å². The number of aryl methyl sites for hydroxylation is 2. The molecule has 3 aromatic rings. The predicted octanol–water partition coefficient (Wildman–Crippen LogP) is 6.79. The maximum Gasteiger partial charge on any atom is 0.264 e. The van der Waals surface area contributed by atoms with E-state index in [-0.39, 0.29) is 29.5 Å². The topological polar surface area (TPSA) is 86.8 Å². The van der Waals surface area contributed by atoms with Gasteiger partial charge >= 0.3 is 0 Å². The number of rotatable bonds is 12. The van der Waals surface area contributed by atoms with Crippen LogP contribution in [0.2, 0.25) is 15.1 Å². The van der Waals surface area contributed by atoms with E-state index < -0.39 is 28.5 Å². The van der Waals surface area contributed by atoms with Crippen LogP contribution in [0.1, 0.15) is 43.4 Å². The Balaban J connectivity index is 2.13. The number of nitrogens with one attached hydrogen (secondary N) is 1. The molecule has 0 spiro atoms. The van der Waals surface area contributed by atoms with Gasteiger partial charge in [-0.1, -0.05) is 78.5 Å². The number of hydrogen-bond acceptors (Lipinski definition) is 4. The fourth-order valence-corrected chi connectivity index (χ4v) is 6.50. The Morgan fingerprint density at radius 1 is 0.927 bits per heavy atom. The van der Waals surface area contributed by atoms with E-state index in [0.29, 0.717) is 39.2 Å². The van der Waals surface area contributed by atoms with Gasteiger partial charge in [0.25, 0.3) is 10.0 Å². The van der Waals surface area contributed by atoms with Crippen LogP contribution in [0.25, 0.3) is 0 Å². The van der Waals surface area contributed by atoms with Gasteiger partial charge in [-0.25, -0.2) is 8.42 Å². The molecule has 0 saturated carbocycles. The molecule has 41 heavy (non-hydrogen) atoms. The standard InChI is InChI=1S/C30H34Cl3N3O4S/c1-5-16-34-30(38)27(6-2)35(18-24-25(32)8-7-9-26(24)33)29(37)19-36(28-17-22(31)13-12-21(28)4)41(39,40)23-14-10-20(3)11-15-23/h7-15,17,27H,5-6,16,18-19H2,1-4H3,(H,34,38)/t27-/m0/s1. The summed E-state index contributed by atoms with van der Waals surface area (Å²) in [5.41, 5.74) is 2.20. The van der Waals surface area contributed by atoms with E-state index in [0.717, 1.165) is 9.87 Å². The third-order valence-electron chi connectivity index (χ3n) is 6.65. The van der Waals surface area contributed by atoms with Crippen molar-refractivity contribution in [2.45, 2.75) is 58.0 Å². The van der Waals surface area contributed by atoms with Crippen molar-refractivity contribution in [2.24, 2.45) is 0 Å². The van der Waals surface area contributed by atoms with Crippen molar-refractivity contribution in [3.8, 4) is 0 Å². The van der Waals surface area contributed by atoms with E-state index >= 15 is 0 Å². The smallest absolute Gasteiger partial charge is 0.264 e. The van der Waals surface area contributed by atoms with E-state index in [1.807, 2.05) is 13.8 Å². The monoisotopic (exact) mass is 637 g/mol. The number of anilines is 1. The molecule has 0 aromatic heterocycles. The average molecular weight is 639 g/mol. The fraction of sp³-hybridized carbons (Fsp3) is 0.333. The van der Waals surface area contributed by atoms with Gasteiger partial charge in [0.2, 0.25) is 11.8 Å². The van der Waals surface area contributed by atoms with Crippen molar-refractivity contribution in [1.82, 2.24) is 10.2 Å². The summed E-state index contributed by atoms with van der Waals surface area (Å²) in [5, 5.41) is 3.82. The second-order valence-electron chi connectivity index (χ2n) is 9.69. The van der Waals surface area contributed by atoms with Crippen LogP contribution in [0, 0.1) is 13.8 Å². The third kappa shape index (κ3) is 7.95. The van der Waals surface area contributed by atoms with E-state index in [2.05, 4.69) is 5.32 Å². The van der Waals surface area contributed by atoms with Gasteiger partial charge in [0.05, 0.1) is 10.6 Å². The number of benzene rings is 3. The summed E-state index contributed by atoms with van der Waals surface area (Å²) in [5.74, 6) is -0.952. The molecule has 0 aliphatic heterocycles. The summed E-state index contributed by atoms with van der Waals surface area (Å²) in [6.45, 7) is 7.05.